The number of nitrogens with zero attached hydrogens (tertiary/aromatic N) is 2. The van der Waals surface area contributed by atoms with Crippen molar-refractivity contribution in [2.45, 2.75) is 19.6 Å². The van der Waals surface area contributed by atoms with Crippen molar-refractivity contribution in [1.82, 2.24) is 14.5 Å². The Hall–Kier alpha value is -3.60. The number of sulfonamides is 1. The van der Waals surface area contributed by atoms with Gasteiger partial charge in [0.15, 0.2) is 5.75 Å². The van der Waals surface area contributed by atoms with Crippen LogP contribution >= 0.6 is 0 Å². The molecule has 0 fully saturated rings. The van der Waals surface area contributed by atoms with Crippen molar-refractivity contribution in [3.63, 3.8) is 0 Å². The Morgan fingerprint density at radius 2 is 1.88 bits per heavy atom. The van der Waals surface area contributed by atoms with Crippen molar-refractivity contribution in [3.05, 3.63) is 72.3 Å². The normalized spacial score (nSPS) is 11.8. The summed E-state index contributed by atoms with van der Waals surface area (Å²) in [5.74, 6) is -1.07. The predicted molar refractivity (Wildman–Crippen MR) is 117 cm³/mol. The molecule has 7 nitrogen and oxygen atoms in total. The molecule has 1 aromatic heterocycles. The molecule has 0 aliphatic heterocycles. The number of benzene rings is 2. The maximum atomic E-state index is 12.5. The molecule has 0 radical (unpaired) electrons. The van der Waals surface area contributed by atoms with Crippen molar-refractivity contribution < 1.29 is 31.1 Å². The molecule has 0 spiro atoms. The number of ether oxygens (including phenoxy) is 1. The third-order valence-electron chi connectivity index (χ3n) is 4.42. The molecule has 0 bridgehead atoms. The minimum Gasteiger partial charge on any atom is -0.439 e. The van der Waals surface area contributed by atoms with Crippen molar-refractivity contribution >= 4 is 22.0 Å². The highest BCUT2D eigenvalue weighted by Gasteiger charge is 2.35. The maximum Gasteiger partial charge on any atom is 0.404 e. The molecule has 33 heavy (non-hydrogen) atoms. The molecule has 2 aromatic carbocycles. The number of carbonyl (C=O) groups is 1. The highest BCUT2D eigenvalue weighted by atomic mass is 32.2. The first-order chi connectivity index (χ1) is 15.5. The summed E-state index contributed by atoms with van der Waals surface area (Å²) in [7, 11) is -4.65. The van der Waals surface area contributed by atoms with Gasteiger partial charge in [0.25, 0.3) is 0 Å². The summed E-state index contributed by atoms with van der Waals surface area (Å²) in [6, 6.07) is 14.6. The molecule has 3 aromatic rings. The van der Waals surface area contributed by atoms with E-state index < -0.39 is 22.0 Å². The van der Waals surface area contributed by atoms with Gasteiger partial charge in [-0.1, -0.05) is 24.8 Å². The lowest BCUT2D eigenvalue weighted by Gasteiger charge is -2.13. The summed E-state index contributed by atoms with van der Waals surface area (Å²) in [6.07, 6.45) is -4.15. The number of hydrogen-bond acceptors (Lipinski definition) is 5. The van der Waals surface area contributed by atoms with E-state index in [0.29, 0.717) is 35.0 Å². The van der Waals surface area contributed by atoms with Crippen LogP contribution in [-0.4, -0.2) is 36.4 Å². The fraction of sp³-hybridized carbons (Fsp3) is 0.182. The molecule has 0 amide bonds. The number of alkyl halides is 3. The molecule has 174 valence electrons. The standard InChI is InChI=1S/C22H20F3N3O4S/c1-3-28-21(32-19-9-7-16(13-29)8-10-19)12-20(26-28)18-6-4-5-17(11-18)15(2)27-33(30,31)14-22(23,24)25/h4-13,27H,2-3,14H2,1H3. The molecule has 0 saturated heterocycles. The van der Waals surface area contributed by atoms with Crippen LogP contribution in [0.4, 0.5) is 13.2 Å². The number of halogens is 3. The van der Waals surface area contributed by atoms with Crippen LogP contribution < -0.4 is 9.46 Å². The van der Waals surface area contributed by atoms with Gasteiger partial charge >= 0.3 is 6.18 Å². The van der Waals surface area contributed by atoms with E-state index in [4.69, 9.17) is 4.74 Å². The predicted octanol–water partition coefficient (Wildman–Crippen LogP) is 4.63. The molecule has 11 heteroatoms. The van der Waals surface area contributed by atoms with E-state index in [1.54, 1.807) is 53.2 Å². The summed E-state index contributed by atoms with van der Waals surface area (Å²) in [5, 5.41) is 4.47. The van der Waals surface area contributed by atoms with Gasteiger partial charge in [0, 0.05) is 29.4 Å². The number of hydrogen-bond donors (Lipinski definition) is 1. The van der Waals surface area contributed by atoms with Crippen LogP contribution in [-0.2, 0) is 16.6 Å². The van der Waals surface area contributed by atoms with Crippen molar-refractivity contribution in [2.75, 3.05) is 5.75 Å². The van der Waals surface area contributed by atoms with E-state index in [9.17, 15) is 26.4 Å². The number of carbonyl (C=O) groups excluding carboxylic acids is 1. The van der Waals surface area contributed by atoms with Gasteiger partial charge in [-0.2, -0.15) is 18.3 Å². The molecule has 0 saturated carbocycles. The zero-order valence-corrected chi connectivity index (χ0v) is 18.3. The fourth-order valence-corrected chi connectivity index (χ4v) is 3.95. The van der Waals surface area contributed by atoms with Crippen LogP contribution in [0.5, 0.6) is 11.6 Å². The zero-order chi connectivity index (χ0) is 24.2. The minimum absolute atomic E-state index is 0.192. The molecule has 1 N–H and O–H groups in total. The molecule has 0 atom stereocenters. The van der Waals surface area contributed by atoms with Gasteiger partial charge in [0.05, 0.1) is 5.69 Å². The van der Waals surface area contributed by atoms with Crippen molar-refractivity contribution in [3.8, 4) is 22.9 Å². The van der Waals surface area contributed by atoms with E-state index in [1.807, 2.05) is 11.6 Å². The van der Waals surface area contributed by atoms with Crippen LogP contribution in [0.3, 0.4) is 0 Å². The SMILES string of the molecule is C=C(NS(=O)(=O)CC(F)(F)F)c1cccc(-c2cc(Oc3ccc(C=O)cc3)n(CC)n2)c1. The Kier molecular flexibility index (Phi) is 6.92. The second-order valence-corrected chi connectivity index (χ2v) is 8.73. The smallest absolute Gasteiger partial charge is 0.404 e. The largest absolute Gasteiger partial charge is 0.439 e. The molecular formula is C22H20F3N3O4S. The highest BCUT2D eigenvalue weighted by Crippen LogP contribution is 2.29. The fourth-order valence-electron chi connectivity index (χ4n) is 2.95. The lowest BCUT2D eigenvalue weighted by molar-refractivity contribution is -0.106. The van der Waals surface area contributed by atoms with Gasteiger partial charge < -0.3 is 4.74 Å². The Morgan fingerprint density at radius 3 is 2.48 bits per heavy atom. The van der Waals surface area contributed by atoms with Crippen molar-refractivity contribution in [1.29, 1.82) is 0 Å². The maximum absolute atomic E-state index is 12.5. The molecule has 3 rings (SSSR count). The third-order valence-corrected chi connectivity index (χ3v) is 5.69. The second-order valence-electron chi connectivity index (χ2n) is 7.01. The number of nitrogens with one attached hydrogen (secondary N) is 1. The minimum atomic E-state index is -4.87. The van der Waals surface area contributed by atoms with Crippen LogP contribution in [0.1, 0.15) is 22.8 Å². The molecule has 0 unspecified atom stereocenters. The lowest BCUT2D eigenvalue weighted by atomic mass is 10.1. The molecular weight excluding hydrogens is 459 g/mol. The number of aromatic nitrogens is 2. The van der Waals surface area contributed by atoms with E-state index in [2.05, 4.69) is 11.7 Å². The van der Waals surface area contributed by atoms with E-state index >= 15 is 0 Å². The third kappa shape index (κ3) is 6.45. The van der Waals surface area contributed by atoms with Gasteiger partial charge in [-0.3, -0.25) is 9.52 Å². The van der Waals surface area contributed by atoms with Crippen LogP contribution in [0, 0.1) is 0 Å². The zero-order valence-electron chi connectivity index (χ0n) is 17.5. The van der Waals surface area contributed by atoms with Crippen LogP contribution in [0.2, 0.25) is 0 Å². The summed E-state index contributed by atoms with van der Waals surface area (Å²) in [4.78, 5) is 10.8. The summed E-state index contributed by atoms with van der Waals surface area (Å²) in [5.41, 5.74) is 1.69. The average Bonchev–Trinajstić information content (AvgIpc) is 3.15. The van der Waals surface area contributed by atoms with E-state index in [1.165, 1.54) is 6.07 Å². The van der Waals surface area contributed by atoms with E-state index in [0.717, 1.165) is 6.29 Å². The number of rotatable bonds is 9. The van der Waals surface area contributed by atoms with Crippen LogP contribution in [0.15, 0.2) is 61.2 Å². The number of aldehydes is 1. The van der Waals surface area contributed by atoms with Gasteiger partial charge in [-0.15, -0.1) is 0 Å². The first-order valence-electron chi connectivity index (χ1n) is 9.67. The highest BCUT2D eigenvalue weighted by molar-refractivity contribution is 7.89. The summed E-state index contributed by atoms with van der Waals surface area (Å²) >= 11 is 0. The number of aryl methyl sites for hydroxylation is 1. The molecule has 0 aliphatic carbocycles. The van der Waals surface area contributed by atoms with Gasteiger partial charge in [-0.05, 0) is 42.8 Å². The van der Waals surface area contributed by atoms with E-state index in [-0.39, 0.29) is 11.3 Å². The summed E-state index contributed by atoms with van der Waals surface area (Å²) < 4.78 is 70.2. The van der Waals surface area contributed by atoms with Gasteiger partial charge in [0.1, 0.15) is 12.0 Å². The Bertz CT molecular complexity index is 1270. The Labute approximate surface area is 188 Å². The monoisotopic (exact) mass is 479 g/mol. The molecule has 0 aliphatic rings. The first-order valence-corrected chi connectivity index (χ1v) is 11.3. The Morgan fingerprint density at radius 1 is 1.18 bits per heavy atom. The quantitative estimate of drug-likeness (QED) is 0.452. The molecule has 1 heterocycles. The second kappa shape index (κ2) is 9.49. The van der Waals surface area contributed by atoms with Crippen molar-refractivity contribution in [2.24, 2.45) is 0 Å². The van der Waals surface area contributed by atoms with Gasteiger partial charge in [0.2, 0.25) is 15.9 Å². The van der Waals surface area contributed by atoms with Crippen LogP contribution in [0.25, 0.3) is 17.0 Å². The summed E-state index contributed by atoms with van der Waals surface area (Å²) in [6.45, 7) is 5.91. The topological polar surface area (TPSA) is 90.3 Å². The average molecular weight is 479 g/mol. The van der Waals surface area contributed by atoms with Gasteiger partial charge in [-0.25, -0.2) is 13.1 Å². The first kappa shape index (κ1) is 24.1. The Balaban J connectivity index is 1.83. The lowest BCUT2D eigenvalue weighted by Crippen LogP contribution is -2.32.